The van der Waals surface area contributed by atoms with Crippen molar-refractivity contribution in [2.24, 2.45) is 5.92 Å². The van der Waals surface area contributed by atoms with E-state index in [4.69, 9.17) is 9.47 Å². The third kappa shape index (κ3) is 3.35. The lowest BCUT2D eigenvalue weighted by Crippen LogP contribution is -2.37. The van der Waals surface area contributed by atoms with E-state index in [1.54, 1.807) is 18.4 Å². The molecule has 1 N–H and O–H groups in total. The number of methoxy groups -OCH3 is 1. The fraction of sp³-hybridized carbons (Fsp3) is 0.474. The number of aromatic nitrogens is 1. The fourth-order valence-electron chi connectivity index (χ4n) is 3.51. The molecule has 1 aliphatic carbocycles. The van der Waals surface area contributed by atoms with E-state index in [-0.39, 0.29) is 11.8 Å². The first-order chi connectivity index (χ1) is 12.2. The molecular weight excluding hydrogens is 336 g/mol. The van der Waals surface area contributed by atoms with Crippen LogP contribution < -0.4 is 14.8 Å². The zero-order valence-corrected chi connectivity index (χ0v) is 15.2. The highest BCUT2D eigenvalue weighted by Crippen LogP contribution is 2.36. The van der Waals surface area contributed by atoms with Gasteiger partial charge in [0.2, 0.25) is 5.91 Å². The molecule has 1 amide bonds. The second kappa shape index (κ2) is 7.04. The first-order valence-electron chi connectivity index (χ1n) is 8.78. The minimum Gasteiger partial charge on any atom is -0.493 e. The van der Waals surface area contributed by atoms with Crippen molar-refractivity contribution in [3.8, 4) is 11.5 Å². The lowest BCUT2D eigenvalue weighted by Gasteiger charge is -2.25. The second-order valence-electron chi connectivity index (χ2n) is 6.56. The summed E-state index contributed by atoms with van der Waals surface area (Å²) in [5.41, 5.74) is 2.26. The molecule has 1 atom stereocenters. The summed E-state index contributed by atoms with van der Waals surface area (Å²) in [5, 5.41) is 4.05. The normalized spacial score (nSPS) is 18.7. The molecule has 0 radical (unpaired) electrons. The van der Waals surface area contributed by atoms with Crippen LogP contribution in [0.4, 0.5) is 0 Å². The fourth-order valence-corrected chi connectivity index (χ4v) is 4.61. The van der Waals surface area contributed by atoms with Crippen molar-refractivity contribution >= 4 is 17.2 Å². The Hall–Kier alpha value is -2.08. The first-order valence-corrected chi connectivity index (χ1v) is 9.60. The van der Waals surface area contributed by atoms with Crippen LogP contribution in [0.25, 0.3) is 0 Å². The second-order valence-corrected chi connectivity index (χ2v) is 7.73. The lowest BCUT2D eigenvalue weighted by molar-refractivity contribution is -0.126. The summed E-state index contributed by atoms with van der Waals surface area (Å²) in [6.07, 6.45) is 5.37. The Bertz CT molecular complexity index is 763. The molecule has 132 valence electrons. The van der Waals surface area contributed by atoms with Crippen LogP contribution in [0.15, 0.2) is 18.2 Å². The number of carbonyl (C=O) groups excluding carboxylic acids is 1. The van der Waals surface area contributed by atoms with Crippen molar-refractivity contribution in [3.05, 3.63) is 39.3 Å². The zero-order chi connectivity index (χ0) is 17.2. The number of amides is 1. The van der Waals surface area contributed by atoms with Crippen molar-refractivity contribution in [1.82, 2.24) is 10.3 Å². The molecule has 2 heterocycles. The number of para-hydroxylation sites is 1. The summed E-state index contributed by atoms with van der Waals surface area (Å²) in [6.45, 7) is 0.894. The van der Waals surface area contributed by atoms with Gasteiger partial charge in [-0.1, -0.05) is 12.1 Å². The number of nitrogens with one attached hydrogen (secondary N) is 1. The number of fused-ring (bicyclic) bond motifs is 2. The van der Waals surface area contributed by atoms with Crippen molar-refractivity contribution in [2.75, 3.05) is 13.7 Å². The van der Waals surface area contributed by atoms with Gasteiger partial charge in [-0.05, 0) is 43.7 Å². The van der Waals surface area contributed by atoms with Crippen LogP contribution >= 0.6 is 11.3 Å². The Kier molecular flexibility index (Phi) is 4.61. The average molecular weight is 358 g/mol. The van der Waals surface area contributed by atoms with E-state index in [9.17, 15) is 4.79 Å². The van der Waals surface area contributed by atoms with Crippen molar-refractivity contribution in [3.63, 3.8) is 0 Å². The number of nitrogens with zero attached hydrogens (tertiary/aromatic N) is 1. The number of hydrogen-bond acceptors (Lipinski definition) is 5. The number of aryl methyl sites for hydroxylation is 2. The standard InChI is InChI=1S/C19H22N2O3S/c1-23-15-7-4-5-12-9-13(11-24-18(12)15)19(22)20-10-17-21-14-6-2-3-8-16(14)25-17/h4-5,7,13H,2-3,6,8-11H2,1H3,(H,20,22). The highest BCUT2D eigenvalue weighted by atomic mass is 32.1. The van der Waals surface area contributed by atoms with Crippen molar-refractivity contribution < 1.29 is 14.3 Å². The van der Waals surface area contributed by atoms with Crippen LogP contribution in [0.1, 0.15) is 34.0 Å². The highest BCUT2D eigenvalue weighted by molar-refractivity contribution is 7.11. The molecule has 2 aliphatic rings. The van der Waals surface area contributed by atoms with Gasteiger partial charge in [0.1, 0.15) is 11.6 Å². The van der Waals surface area contributed by atoms with Gasteiger partial charge in [-0.2, -0.15) is 0 Å². The number of thiazole rings is 1. The van der Waals surface area contributed by atoms with E-state index in [0.717, 1.165) is 34.9 Å². The Morgan fingerprint density at radius 1 is 1.40 bits per heavy atom. The number of benzene rings is 1. The molecule has 0 bridgehead atoms. The molecule has 5 nitrogen and oxygen atoms in total. The molecule has 0 saturated carbocycles. The Morgan fingerprint density at radius 3 is 3.12 bits per heavy atom. The summed E-state index contributed by atoms with van der Waals surface area (Å²) in [7, 11) is 1.63. The minimum atomic E-state index is -0.172. The number of carbonyl (C=O) groups is 1. The van der Waals surface area contributed by atoms with Gasteiger partial charge >= 0.3 is 0 Å². The predicted molar refractivity (Wildman–Crippen MR) is 96.3 cm³/mol. The lowest BCUT2D eigenvalue weighted by atomic mass is 9.95. The van der Waals surface area contributed by atoms with Gasteiger partial charge in [-0.15, -0.1) is 11.3 Å². The third-order valence-corrected chi connectivity index (χ3v) is 6.01. The molecular formula is C19H22N2O3S. The number of ether oxygens (including phenoxy) is 2. The average Bonchev–Trinajstić information content (AvgIpc) is 3.08. The molecule has 1 aromatic carbocycles. The van der Waals surface area contributed by atoms with E-state index < -0.39 is 0 Å². The maximum Gasteiger partial charge on any atom is 0.227 e. The van der Waals surface area contributed by atoms with Gasteiger partial charge in [0.25, 0.3) is 0 Å². The molecule has 1 aromatic heterocycles. The molecule has 2 aromatic rings. The van der Waals surface area contributed by atoms with E-state index in [0.29, 0.717) is 19.6 Å². The van der Waals surface area contributed by atoms with Crippen LogP contribution in [-0.2, 0) is 30.6 Å². The summed E-state index contributed by atoms with van der Waals surface area (Å²) in [4.78, 5) is 18.6. The molecule has 1 unspecified atom stereocenters. The molecule has 0 spiro atoms. The number of hydrogen-bond donors (Lipinski definition) is 1. The summed E-state index contributed by atoms with van der Waals surface area (Å²) >= 11 is 1.74. The molecule has 0 fully saturated rings. The van der Waals surface area contributed by atoms with Crippen LogP contribution in [0, 0.1) is 5.92 Å². The molecule has 1 aliphatic heterocycles. The smallest absolute Gasteiger partial charge is 0.227 e. The summed E-state index contributed by atoms with van der Waals surface area (Å²) in [6, 6.07) is 5.80. The molecule has 6 heteroatoms. The Morgan fingerprint density at radius 2 is 2.28 bits per heavy atom. The van der Waals surface area contributed by atoms with Crippen LogP contribution in [0.2, 0.25) is 0 Å². The first kappa shape index (κ1) is 16.4. The Labute approximate surface area is 151 Å². The van der Waals surface area contributed by atoms with Gasteiger partial charge in [-0.3, -0.25) is 4.79 Å². The van der Waals surface area contributed by atoms with Crippen molar-refractivity contribution in [1.29, 1.82) is 0 Å². The highest BCUT2D eigenvalue weighted by Gasteiger charge is 2.28. The van der Waals surface area contributed by atoms with Crippen LogP contribution in [-0.4, -0.2) is 24.6 Å². The van der Waals surface area contributed by atoms with Gasteiger partial charge in [0, 0.05) is 4.88 Å². The Balaban J connectivity index is 1.38. The third-order valence-electron chi connectivity index (χ3n) is 4.85. The number of rotatable bonds is 4. The van der Waals surface area contributed by atoms with E-state index in [2.05, 4.69) is 10.3 Å². The quantitative estimate of drug-likeness (QED) is 0.913. The maximum atomic E-state index is 12.5. The predicted octanol–water partition coefficient (Wildman–Crippen LogP) is 2.90. The largest absolute Gasteiger partial charge is 0.493 e. The van der Waals surface area contributed by atoms with Gasteiger partial charge < -0.3 is 14.8 Å². The molecule has 25 heavy (non-hydrogen) atoms. The summed E-state index contributed by atoms with van der Waals surface area (Å²) < 4.78 is 11.1. The monoisotopic (exact) mass is 358 g/mol. The van der Waals surface area contributed by atoms with Gasteiger partial charge in [0.05, 0.1) is 25.3 Å². The van der Waals surface area contributed by atoms with E-state index in [1.807, 2.05) is 18.2 Å². The minimum absolute atomic E-state index is 0.0293. The topological polar surface area (TPSA) is 60.5 Å². The SMILES string of the molecule is COc1cccc2c1OCC(C(=O)NCc1nc3c(s1)CCCC3)C2. The maximum absolute atomic E-state index is 12.5. The van der Waals surface area contributed by atoms with Gasteiger partial charge in [-0.25, -0.2) is 4.98 Å². The van der Waals surface area contributed by atoms with Crippen molar-refractivity contribution in [2.45, 2.75) is 38.6 Å². The summed E-state index contributed by atoms with van der Waals surface area (Å²) in [5.74, 6) is 1.35. The zero-order valence-electron chi connectivity index (χ0n) is 14.3. The molecule has 0 saturated heterocycles. The van der Waals surface area contributed by atoms with Crippen LogP contribution in [0.5, 0.6) is 11.5 Å². The van der Waals surface area contributed by atoms with Crippen LogP contribution in [0.3, 0.4) is 0 Å². The van der Waals surface area contributed by atoms with Gasteiger partial charge in [0.15, 0.2) is 11.5 Å². The van der Waals surface area contributed by atoms with E-state index >= 15 is 0 Å². The molecule has 4 rings (SSSR count). The van der Waals surface area contributed by atoms with E-state index in [1.165, 1.54) is 23.4 Å².